The fourth-order valence-corrected chi connectivity index (χ4v) is 2.77. The van der Waals surface area contributed by atoms with Crippen molar-refractivity contribution in [1.29, 1.82) is 0 Å². The van der Waals surface area contributed by atoms with E-state index >= 15 is 0 Å². The van der Waals surface area contributed by atoms with Crippen molar-refractivity contribution in [3.8, 4) is 0 Å². The van der Waals surface area contributed by atoms with E-state index in [0.29, 0.717) is 8.95 Å². The fourth-order valence-electron chi connectivity index (χ4n) is 0.696. The molecule has 7 heteroatoms. The van der Waals surface area contributed by atoms with Gasteiger partial charge in [-0.3, -0.25) is 0 Å². The number of hydrogen-bond acceptors (Lipinski definition) is 3. The molecule has 0 bridgehead atoms. The molecule has 0 saturated carbocycles. The number of hydrogen-bond donors (Lipinski definition) is 0. The van der Waals surface area contributed by atoms with E-state index in [9.17, 15) is 14.7 Å². The van der Waals surface area contributed by atoms with E-state index < -0.39 is 7.94 Å². The summed E-state index contributed by atoms with van der Waals surface area (Å²) in [5.74, 6) is 0. The third kappa shape index (κ3) is 4.41. The van der Waals surface area contributed by atoms with Crippen LogP contribution in [0.25, 0.3) is 0 Å². The minimum Gasteiger partial charge on any atom is -0.683 e. The van der Waals surface area contributed by atoms with Gasteiger partial charge in [0, 0.05) is 4.47 Å². The van der Waals surface area contributed by atoms with Crippen LogP contribution in [-0.4, -0.2) is 37.7 Å². The maximum Gasteiger partial charge on any atom is 2.00 e. The maximum atomic E-state index is 10.6. The second kappa shape index (κ2) is 5.73. The van der Waals surface area contributed by atoms with E-state index in [0.717, 1.165) is 0 Å². The van der Waals surface area contributed by atoms with Crippen molar-refractivity contribution in [2.45, 2.75) is 0 Å². The van der Waals surface area contributed by atoms with Crippen LogP contribution in [0.5, 0.6) is 0 Å². The first-order valence-corrected chi connectivity index (χ1v) is 6.02. The standard InChI is InChI=1S/C6H5Br2O3P.Ca/c7-4-1-2-5(8)6(3-4)12(9,10)11;/h1-3H,(H2,9,10,11);/q;+2/p-2. The Labute approximate surface area is 123 Å². The van der Waals surface area contributed by atoms with Gasteiger partial charge in [-0.2, -0.15) is 0 Å². The van der Waals surface area contributed by atoms with Gasteiger partial charge in [0.2, 0.25) is 0 Å². The van der Waals surface area contributed by atoms with Gasteiger partial charge >= 0.3 is 37.7 Å². The Morgan fingerprint density at radius 3 is 2.00 bits per heavy atom. The van der Waals surface area contributed by atoms with Crippen LogP contribution in [0.1, 0.15) is 0 Å². The summed E-state index contributed by atoms with van der Waals surface area (Å²) in [6.45, 7) is 0. The minimum absolute atomic E-state index is 0. The second-order valence-electron chi connectivity index (χ2n) is 2.09. The monoisotopic (exact) mass is 352 g/mol. The smallest absolute Gasteiger partial charge is 0.683 e. The predicted octanol–water partition coefficient (Wildman–Crippen LogP) is -0.700. The van der Waals surface area contributed by atoms with E-state index in [-0.39, 0.29) is 43.0 Å². The molecule has 1 rings (SSSR count). The van der Waals surface area contributed by atoms with Crippen LogP contribution in [0.2, 0.25) is 0 Å². The fraction of sp³-hybridized carbons (Fsp3) is 0. The van der Waals surface area contributed by atoms with Gasteiger partial charge in [0.15, 0.2) is 0 Å². The van der Waals surface area contributed by atoms with Crippen molar-refractivity contribution in [1.82, 2.24) is 0 Å². The molecule has 0 aromatic heterocycles. The quantitative estimate of drug-likeness (QED) is 0.495. The molecular formula is C6H3Br2CaO3P. The van der Waals surface area contributed by atoms with Gasteiger partial charge in [-0.05, 0) is 34.1 Å². The van der Waals surface area contributed by atoms with Gasteiger partial charge in [-0.15, -0.1) is 7.94 Å². The average molecular weight is 354 g/mol. The van der Waals surface area contributed by atoms with E-state index in [4.69, 9.17) is 0 Å². The van der Waals surface area contributed by atoms with Crippen LogP contribution >= 0.6 is 39.8 Å². The molecule has 1 aromatic rings. The van der Waals surface area contributed by atoms with Crippen LogP contribution < -0.4 is 20.0 Å². The summed E-state index contributed by atoms with van der Waals surface area (Å²) < 4.78 is 0.853. The zero-order valence-corrected chi connectivity index (χ0v) is 12.6. The Hall–Kier alpha value is 1.75. The molecule has 1 aromatic carbocycles. The van der Waals surface area contributed by atoms with Gasteiger partial charge in [0.25, 0.3) is 0 Å². The normalized spacial score (nSPS) is 10.8. The first kappa shape index (κ1) is 14.7. The Morgan fingerprint density at radius 1 is 1.08 bits per heavy atom. The Balaban J connectivity index is 0.00000144. The van der Waals surface area contributed by atoms with Crippen molar-refractivity contribution >= 4 is 82.8 Å². The van der Waals surface area contributed by atoms with Crippen molar-refractivity contribution in [2.24, 2.45) is 0 Å². The topological polar surface area (TPSA) is 69.2 Å². The first-order valence-electron chi connectivity index (χ1n) is 2.89. The zero-order chi connectivity index (χ0) is 9.35. The minimum atomic E-state index is -4.66. The molecule has 0 saturated heterocycles. The molecule has 3 nitrogen and oxygen atoms in total. The molecule has 0 N–H and O–H groups in total. The molecule has 0 fully saturated rings. The molecule has 66 valence electrons. The number of rotatable bonds is 1. The molecule has 0 aliphatic rings. The van der Waals surface area contributed by atoms with Crippen LogP contribution in [0.3, 0.4) is 0 Å². The van der Waals surface area contributed by atoms with Crippen LogP contribution in [0, 0.1) is 0 Å². The SMILES string of the molecule is [Ca+2].[O-][P+]([O-])([O-])c1cc(Br)ccc1Br. The van der Waals surface area contributed by atoms with Crippen LogP contribution in [0.15, 0.2) is 27.1 Å². The van der Waals surface area contributed by atoms with Crippen LogP contribution in [-0.2, 0) is 0 Å². The Kier molecular flexibility index (Phi) is 6.50. The average Bonchev–Trinajstić information content (AvgIpc) is 1.92. The molecule has 0 spiro atoms. The first-order chi connectivity index (χ1) is 5.41. The Bertz CT molecular complexity index is 302. The third-order valence-corrected chi connectivity index (χ3v) is 3.65. The second-order valence-corrected chi connectivity index (χ2v) is 5.34. The molecular weight excluding hydrogens is 351 g/mol. The summed E-state index contributed by atoms with van der Waals surface area (Å²) in [6, 6.07) is 4.41. The van der Waals surface area contributed by atoms with Gasteiger partial charge in [0.1, 0.15) is 0 Å². The van der Waals surface area contributed by atoms with Gasteiger partial charge in [0.05, 0.1) is 9.78 Å². The Morgan fingerprint density at radius 2 is 1.62 bits per heavy atom. The summed E-state index contributed by atoms with van der Waals surface area (Å²) in [6.07, 6.45) is 0. The van der Waals surface area contributed by atoms with E-state index in [1.165, 1.54) is 12.1 Å². The maximum absolute atomic E-state index is 10.6. The van der Waals surface area contributed by atoms with Gasteiger partial charge in [-0.25, -0.2) is 0 Å². The van der Waals surface area contributed by atoms with Crippen molar-refractivity contribution in [2.75, 3.05) is 0 Å². The summed E-state index contributed by atoms with van der Waals surface area (Å²) >= 11 is 6.04. The van der Waals surface area contributed by atoms with Crippen molar-refractivity contribution < 1.29 is 14.7 Å². The summed E-state index contributed by atoms with van der Waals surface area (Å²) in [7, 11) is -4.66. The van der Waals surface area contributed by atoms with Crippen molar-refractivity contribution in [3.05, 3.63) is 27.1 Å². The molecule has 0 radical (unpaired) electrons. The van der Waals surface area contributed by atoms with E-state index in [1.807, 2.05) is 0 Å². The summed E-state index contributed by atoms with van der Waals surface area (Å²) in [5.41, 5.74) is 0. The van der Waals surface area contributed by atoms with E-state index in [2.05, 4.69) is 31.9 Å². The summed E-state index contributed by atoms with van der Waals surface area (Å²) in [4.78, 5) is 31.9. The molecule has 0 aliphatic carbocycles. The zero-order valence-electron chi connectivity index (χ0n) is 6.37. The third-order valence-electron chi connectivity index (χ3n) is 1.20. The predicted molar refractivity (Wildman–Crippen MR) is 54.2 cm³/mol. The summed E-state index contributed by atoms with van der Waals surface area (Å²) in [5, 5.41) is -0.225. The molecule has 0 heterocycles. The number of halogens is 2. The molecule has 0 unspecified atom stereocenters. The van der Waals surface area contributed by atoms with Gasteiger partial charge < -0.3 is 14.7 Å². The number of benzene rings is 1. The van der Waals surface area contributed by atoms with Crippen molar-refractivity contribution in [3.63, 3.8) is 0 Å². The van der Waals surface area contributed by atoms with Crippen LogP contribution in [0.4, 0.5) is 0 Å². The van der Waals surface area contributed by atoms with Gasteiger partial charge in [-0.1, -0.05) is 15.9 Å². The largest absolute Gasteiger partial charge is 2.00 e. The molecule has 13 heavy (non-hydrogen) atoms. The molecule has 0 aliphatic heterocycles. The van der Waals surface area contributed by atoms with E-state index in [1.54, 1.807) is 6.07 Å². The molecule has 0 amide bonds. The molecule has 0 atom stereocenters.